The van der Waals surface area contributed by atoms with Crippen molar-refractivity contribution in [1.82, 2.24) is 0 Å². The average Bonchev–Trinajstić information content (AvgIpc) is 2.38. The van der Waals surface area contributed by atoms with Gasteiger partial charge in [-0.2, -0.15) is 0 Å². The molecule has 1 aliphatic rings. The Morgan fingerprint density at radius 1 is 1.28 bits per heavy atom. The second kappa shape index (κ2) is 4.99. The average molecular weight is 260 g/mol. The second-order valence-electron chi connectivity index (χ2n) is 5.64. The van der Waals surface area contributed by atoms with Crippen LogP contribution in [0.2, 0.25) is 0 Å². The smallest absolute Gasteiger partial charge is 0.144 e. The summed E-state index contributed by atoms with van der Waals surface area (Å²) in [5.41, 5.74) is 2.19. The summed E-state index contributed by atoms with van der Waals surface area (Å²) >= 11 is 1.91. The van der Waals surface area contributed by atoms with Gasteiger partial charge in [-0.15, -0.1) is 18.2 Å². The van der Waals surface area contributed by atoms with Crippen LogP contribution in [0.5, 0.6) is 0 Å². The number of thioether (sulfide) groups is 1. The van der Waals surface area contributed by atoms with E-state index in [1.54, 1.807) is 0 Å². The predicted octanol–water partition coefficient (Wildman–Crippen LogP) is 4.02. The molecule has 0 bridgehead atoms. The number of rotatable bonds is 1. The minimum Gasteiger partial charge on any atom is -0.359 e. The van der Waals surface area contributed by atoms with Crippen molar-refractivity contribution >= 4 is 11.8 Å². The molecular formula is C16H20OS. The molecule has 0 aliphatic carbocycles. The molecule has 1 heterocycles. The van der Waals surface area contributed by atoms with Crippen molar-refractivity contribution in [3.8, 4) is 12.3 Å². The molecule has 2 heteroatoms. The number of benzene rings is 1. The van der Waals surface area contributed by atoms with Crippen LogP contribution in [-0.2, 0) is 9.67 Å². The molecule has 0 aromatic heterocycles. The third-order valence-electron chi connectivity index (χ3n) is 3.32. The van der Waals surface area contributed by atoms with Crippen molar-refractivity contribution in [2.45, 2.75) is 32.1 Å². The number of hydrogen-bond acceptors (Lipinski definition) is 2. The Labute approximate surface area is 114 Å². The lowest BCUT2D eigenvalue weighted by molar-refractivity contribution is -0.0567. The molecule has 1 nitrogen and oxygen atoms in total. The maximum absolute atomic E-state index is 6.20. The summed E-state index contributed by atoms with van der Waals surface area (Å²) in [6.07, 6.45) is 6.54. The van der Waals surface area contributed by atoms with Crippen LogP contribution in [0.1, 0.15) is 38.3 Å². The van der Waals surface area contributed by atoms with Gasteiger partial charge in [0.15, 0.2) is 0 Å². The van der Waals surface area contributed by atoms with Crippen molar-refractivity contribution in [1.29, 1.82) is 0 Å². The first-order valence-corrected chi connectivity index (χ1v) is 7.33. The quantitative estimate of drug-likeness (QED) is 0.705. The fourth-order valence-electron chi connectivity index (χ4n) is 2.35. The van der Waals surface area contributed by atoms with E-state index >= 15 is 0 Å². The van der Waals surface area contributed by atoms with Gasteiger partial charge in [0.1, 0.15) is 4.93 Å². The van der Waals surface area contributed by atoms with E-state index in [1.807, 2.05) is 23.9 Å². The van der Waals surface area contributed by atoms with E-state index < -0.39 is 0 Å². The highest BCUT2D eigenvalue weighted by atomic mass is 32.2. The molecule has 96 valence electrons. The molecule has 0 spiro atoms. The van der Waals surface area contributed by atoms with Crippen LogP contribution in [0.15, 0.2) is 24.3 Å². The van der Waals surface area contributed by atoms with Gasteiger partial charge in [0.05, 0.1) is 0 Å². The van der Waals surface area contributed by atoms with Gasteiger partial charge in [-0.3, -0.25) is 0 Å². The first-order chi connectivity index (χ1) is 8.49. The molecule has 1 fully saturated rings. The lowest BCUT2D eigenvalue weighted by atomic mass is 9.83. The Balaban J connectivity index is 2.43. The SMILES string of the molecule is C#Cc1ccc(C2(C(C)(C)C)OCCCS2)cc1. The van der Waals surface area contributed by atoms with Crippen LogP contribution in [0.4, 0.5) is 0 Å². The van der Waals surface area contributed by atoms with E-state index in [-0.39, 0.29) is 10.3 Å². The maximum Gasteiger partial charge on any atom is 0.144 e. The summed E-state index contributed by atoms with van der Waals surface area (Å²) in [5.74, 6) is 3.81. The highest BCUT2D eigenvalue weighted by Gasteiger charge is 2.46. The number of hydrogen-bond donors (Lipinski definition) is 0. The molecule has 1 aromatic rings. The van der Waals surface area contributed by atoms with Crippen LogP contribution in [0.25, 0.3) is 0 Å². The largest absolute Gasteiger partial charge is 0.359 e. The van der Waals surface area contributed by atoms with E-state index in [1.165, 1.54) is 5.56 Å². The van der Waals surface area contributed by atoms with Gasteiger partial charge in [0.25, 0.3) is 0 Å². The van der Waals surface area contributed by atoms with E-state index in [0.717, 1.165) is 24.3 Å². The van der Waals surface area contributed by atoms with Crippen molar-refractivity contribution < 1.29 is 4.74 Å². The van der Waals surface area contributed by atoms with Crippen LogP contribution in [0.3, 0.4) is 0 Å². The molecule has 1 saturated heterocycles. The van der Waals surface area contributed by atoms with E-state index in [2.05, 4.69) is 38.8 Å². The van der Waals surface area contributed by atoms with Gasteiger partial charge in [-0.05, 0) is 29.9 Å². The Hall–Kier alpha value is -0.910. The van der Waals surface area contributed by atoms with Crippen LogP contribution in [0, 0.1) is 17.8 Å². The fraction of sp³-hybridized carbons (Fsp3) is 0.500. The van der Waals surface area contributed by atoms with Gasteiger partial charge in [-0.25, -0.2) is 0 Å². The fourth-order valence-corrected chi connectivity index (χ4v) is 3.80. The predicted molar refractivity (Wildman–Crippen MR) is 78.5 cm³/mol. The minimum atomic E-state index is -0.252. The summed E-state index contributed by atoms with van der Waals surface area (Å²) < 4.78 is 6.20. The zero-order chi connectivity index (χ0) is 13.2. The summed E-state index contributed by atoms with van der Waals surface area (Å²) in [4.78, 5) is -0.252. The Kier molecular flexibility index (Phi) is 3.75. The molecule has 18 heavy (non-hydrogen) atoms. The van der Waals surface area contributed by atoms with Crippen molar-refractivity contribution in [3.63, 3.8) is 0 Å². The molecular weight excluding hydrogens is 240 g/mol. The highest BCUT2D eigenvalue weighted by Crippen LogP contribution is 2.53. The van der Waals surface area contributed by atoms with Crippen LogP contribution < -0.4 is 0 Å². The third-order valence-corrected chi connectivity index (χ3v) is 5.18. The van der Waals surface area contributed by atoms with E-state index in [4.69, 9.17) is 11.2 Å². The first kappa shape index (κ1) is 13.5. The molecule has 0 saturated carbocycles. The standard InChI is InChI=1S/C16H20OS/c1-5-13-7-9-14(10-8-13)16(15(2,3)4)17-11-6-12-18-16/h1,7-10H,6,11-12H2,2-4H3. The number of ether oxygens (including phenoxy) is 1. The lowest BCUT2D eigenvalue weighted by Gasteiger charge is -2.46. The topological polar surface area (TPSA) is 9.23 Å². The zero-order valence-electron chi connectivity index (χ0n) is 11.3. The van der Waals surface area contributed by atoms with Gasteiger partial charge in [-0.1, -0.05) is 38.8 Å². The van der Waals surface area contributed by atoms with Crippen molar-refractivity contribution in [3.05, 3.63) is 35.4 Å². The van der Waals surface area contributed by atoms with Crippen LogP contribution in [-0.4, -0.2) is 12.4 Å². The van der Waals surface area contributed by atoms with Crippen molar-refractivity contribution in [2.75, 3.05) is 12.4 Å². The number of terminal acetylenes is 1. The van der Waals surface area contributed by atoms with E-state index in [9.17, 15) is 0 Å². The summed E-state index contributed by atoms with van der Waals surface area (Å²) in [5, 5.41) is 0. The summed E-state index contributed by atoms with van der Waals surface area (Å²) in [6, 6.07) is 8.22. The second-order valence-corrected chi connectivity index (χ2v) is 6.91. The molecule has 1 unspecified atom stereocenters. The molecule has 1 aromatic carbocycles. The minimum absolute atomic E-state index is 0.0513. The Bertz CT molecular complexity index is 441. The van der Waals surface area contributed by atoms with Crippen LogP contribution >= 0.6 is 11.8 Å². The maximum atomic E-state index is 6.20. The van der Waals surface area contributed by atoms with Gasteiger partial charge < -0.3 is 4.74 Å². The Morgan fingerprint density at radius 2 is 1.94 bits per heavy atom. The van der Waals surface area contributed by atoms with Gasteiger partial charge in [0.2, 0.25) is 0 Å². The summed E-state index contributed by atoms with van der Waals surface area (Å²) in [7, 11) is 0. The van der Waals surface area contributed by atoms with Gasteiger partial charge >= 0.3 is 0 Å². The summed E-state index contributed by atoms with van der Waals surface area (Å²) in [6.45, 7) is 7.54. The molecule has 0 radical (unpaired) electrons. The molecule has 2 rings (SSSR count). The zero-order valence-corrected chi connectivity index (χ0v) is 12.1. The normalized spacial score (nSPS) is 24.6. The highest BCUT2D eigenvalue weighted by molar-refractivity contribution is 8.00. The molecule has 0 N–H and O–H groups in total. The molecule has 0 amide bonds. The van der Waals surface area contributed by atoms with Gasteiger partial charge in [0, 0.05) is 17.6 Å². The lowest BCUT2D eigenvalue weighted by Crippen LogP contribution is -2.42. The van der Waals surface area contributed by atoms with E-state index in [0.29, 0.717) is 0 Å². The monoisotopic (exact) mass is 260 g/mol. The van der Waals surface area contributed by atoms with Crippen molar-refractivity contribution in [2.24, 2.45) is 5.41 Å². The third kappa shape index (κ3) is 2.30. The molecule has 1 atom stereocenters. The Morgan fingerprint density at radius 3 is 2.39 bits per heavy atom. The molecule has 1 aliphatic heterocycles. The first-order valence-electron chi connectivity index (χ1n) is 6.35.